The molecule has 0 bridgehead atoms. The van der Waals surface area contributed by atoms with Crippen molar-refractivity contribution in [1.29, 1.82) is 0 Å². The molecule has 0 amide bonds. The highest BCUT2D eigenvalue weighted by molar-refractivity contribution is 7.79. The summed E-state index contributed by atoms with van der Waals surface area (Å²) in [5, 5.41) is 19.5. The number of rotatable bonds is 3. The molecule has 2 saturated heterocycles. The fourth-order valence-electron chi connectivity index (χ4n) is 1.78. The molecular weight excluding hydrogens is 236 g/mol. The van der Waals surface area contributed by atoms with Crippen molar-refractivity contribution in [2.75, 3.05) is 13.2 Å². The number of thiocarbonyl (C=S) groups is 1. The van der Waals surface area contributed by atoms with Crippen LogP contribution in [0.2, 0.25) is 0 Å². The van der Waals surface area contributed by atoms with Crippen molar-refractivity contribution in [3.63, 3.8) is 0 Å². The molecule has 7 heteroatoms. The van der Waals surface area contributed by atoms with E-state index < -0.39 is 30.7 Å². The minimum absolute atomic E-state index is 0.0372. The van der Waals surface area contributed by atoms with Gasteiger partial charge in [-0.05, 0) is 6.92 Å². The number of aliphatic hydroxyl groups is 2. The highest BCUT2D eigenvalue weighted by Gasteiger charge is 2.49. The third-order valence-corrected chi connectivity index (χ3v) is 2.78. The summed E-state index contributed by atoms with van der Waals surface area (Å²) in [5.74, 6) is 0. The van der Waals surface area contributed by atoms with Crippen molar-refractivity contribution < 1.29 is 29.2 Å². The van der Waals surface area contributed by atoms with Crippen molar-refractivity contribution in [2.45, 2.75) is 37.6 Å². The van der Waals surface area contributed by atoms with Gasteiger partial charge in [-0.3, -0.25) is 0 Å². The molecule has 2 N–H and O–H groups in total. The van der Waals surface area contributed by atoms with E-state index in [2.05, 4.69) is 0 Å². The van der Waals surface area contributed by atoms with Crippen molar-refractivity contribution in [1.82, 2.24) is 0 Å². The minimum Gasteiger partial charge on any atom is -0.453 e. The Bertz CT molecular complexity index is 273. The number of ether oxygens (including phenoxy) is 4. The van der Waals surface area contributed by atoms with Crippen LogP contribution < -0.4 is 0 Å². The van der Waals surface area contributed by atoms with Crippen molar-refractivity contribution in [3.05, 3.63) is 0 Å². The molecule has 2 aliphatic rings. The summed E-state index contributed by atoms with van der Waals surface area (Å²) in [4.78, 5) is 0. The molecule has 2 fully saturated rings. The maximum absolute atomic E-state index is 9.77. The van der Waals surface area contributed by atoms with Gasteiger partial charge in [0.1, 0.15) is 24.9 Å². The Morgan fingerprint density at radius 1 is 1.44 bits per heavy atom. The molecule has 2 heterocycles. The van der Waals surface area contributed by atoms with E-state index in [0.717, 1.165) is 0 Å². The van der Waals surface area contributed by atoms with Crippen LogP contribution >= 0.6 is 12.2 Å². The molecule has 2 aliphatic heterocycles. The lowest BCUT2D eigenvalue weighted by atomic mass is 10.1. The van der Waals surface area contributed by atoms with E-state index in [9.17, 15) is 10.2 Å². The first-order valence-corrected chi connectivity index (χ1v) is 5.51. The summed E-state index contributed by atoms with van der Waals surface area (Å²) in [6.45, 7) is 2.38. The molecule has 0 aromatic heterocycles. The zero-order valence-corrected chi connectivity index (χ0v) is 9.55. The van der Waals surface area contributed by atoms with Crippen molar-refractivity contribution in [2.24, 2.45) is 0 Å². The molecule has 0 radical (unpaired) electrons. The van der Waals surface area contributed by atoms with Gasteiger partial charge in [0.05, 0.1) is 0 Å². The monoisotopic (exact) mass is 250 g/mol. The minimum atomic E-state index is -1.08. The van der Waals surface area contributed by atoms with Crippen LogP contribution in [0, 0.1) is 0 Å². The largest absolute Gasteiger partial charge is 0.453 e. The van der Waals surface area contributed by atoms with Gasteiger partial charge in [0.15, 0.2) is 12.4 Å². The zero-order chi connectivity index (χ0) is 11.7. The smallest absolute Gasteiger partial charge is 0.352 e. The summed E-state index contributed by atoms with van der Waals surface area (Å²) in [7, 11) is 0. The number of hydrogen-bond donors (Lipinski definition) is 2. The second-order valence-corrected chi connectivity index (χ2v) is 3.96. The Balaban J connectivity index is 1.98. The quantitative estimate of drug-likeness (QED) is 0.633. The van der Waals surface area contributed by atoms with E-state index in [0.29, 0.717) is 6.61 Å². The normalized spacial score (nSPS) is 43.2. The van der Waals surface area contributed by atoms with E-state index >= 15 is 0 Å². The summed E-state index contributed by atoms with van der Waals surface area (Å²) in [6, 6.07) is 0. The molecule has 16 heavy (non-hydrogen) atoms. The third kappa shape index (κ3) is 2.14. The molecule has 2 rings (SSSR count). The fourth-order valence-corrected chi connectivity index (χ4v) is 1.98. The highest BCUT2D eigenvalue weighted by atomic mass is 32.1. The SMILES string of the molecule is CCO[C@@H]1O[C@@H]([C@@H]2COC(=S)O2)[C@@H](O)[C@H]1O. The van der Waals surface area contributed by atoms with Gasteiger partial charge in [0, 0.05) is 18.8 Å². The Kier molecular flexibility index (Phi) is 3.60. The van der Waals surface area contributed by atoms with Gasteiger partial charge in [0.2, 0.25) is 0 Å². The molecule has 0 spiro atoms. The van der Waals surface area contributed by atoms with Gasteiger partial charge in [-0.25, -0.2) is 0 Å². The molecule has 6 nitrogen and oxygen atoms in total. The first-order valence-electron chi connectivity index (χ1n) is 5.10. The van der Waals surface area contributed by atoms with Gasteiger partial charge in [-0.2, -0.15) is 0 Å². The van der Waals surface area contributed by atoms with E-state index in [4.69, 9.17) is 31.2 Å². The predicted octanol–water partition coefficient (Wildman–Crippen LogP) is -0.830. The fraction of sp³-hybridized carbons (Fsp3) is 0.889. The summed E-state index contributed by atoms with van der Waals surface area (Å²) in [5.41, 5.74) is 0. The van der Waals surface area contributed by atoms with E-state index in [-0.39, 0.29) is 11.8 Å². The van der Waals surface area contributed by atoms with Crippen LogP contribution in [0.25, 0.3) is 0 Å². The first kappa shape index (κ1) is 12.0. The van der Waals surface area contributed by atoms with Crippen LogP contribution in [0.5, 0.6) is 0 Å². The maximum atomic E-state index is 9.77. The number of aliphatic hydroxyl groups excluding tert-OH is 2. The van der Waals surface area contributed by atoms with Gasteiger partial charge >= 0.3 is 5.24 Å². The van der Waals surface area contributed by atoms with Gasteiger partial charge in [-0.1, -0.05) is 0 Å². The van der Waals surface area contributed by atoms with Crippen molar-refractivity contribution >= 4 is 17.5 Å². The average molecular weight is 250 g/mol. The summed E-state index contributed by atoms with van der Waals surface area (Å²) in [6.07, 6.45) is -4.16. The van der Waals surface area contributed by atoms with Crippen LogP contribution in [0.15, 0.2) is 0 Å². The van der Waals surface area contributed by atoms with Gasteiger partial charge in [0.25, 0.3) is 0 Å². The maximum Gasteiger partial charge on any atom is 0.352 e. The van der Waals surface area contributed by atoms with Crippen LogP contribution in [0.1, 0.15) is 6.92 Å². The van der Waals surface area contributed by atoms with Crippen LogP contribution in [0.3, 0.4) is 0 Å². The topological polar surface area (TPSA) is 77.4 Å². The Morgan fingerprint density at radius 2 is 2.19 bits per heavy atom. The van der Waals surface area contributed by atoms with E-state index in [1.807, 2.05) is 0 Å². The Hall–Kier alpha value is -0.470. The van der Waals surface area contributed by atoms with Gasteiger partial charge in [-0.15, -0.1) is 0 Å². The molecule has 0 aromatic rings. The zero-order valence-electron chi connectivity index (χ0n) is 8.74. The Morgan fingerprint density at radius 3 is 2.75 bits per heavy atom. The molecule has 0 saturated carbocycles. The predicted molar refractivity (Wildman–Crippen MR) is 55.7 cm³/mol. The lowest BCUT2D eigenvalue weighted by molar-refractivity contribution is -0.172. The third-order valence-electron chi connectivity index (χ3n) is 2.57. The summed E-state index contributed by atoms with van der Waals surface area (Å²) >= 11 is 4.70. The van der Waals surface area contributed by atoms with Crippen molar-refractivity contribution in [3.8, 4) is 0 Å². The summed E-state index contributed by atoms with van der Waals surface area (Å²) < 4.78 is 20.6. The lowest BCUT2D eigenvalue weighted by Crippen LogP contribution is -2.40. The van der Waals surface area contributed by atoms with E-state index in [1.54, 1.807) is 6.92 Å². The van der Waals surface area contributed by atoms with Gasteiger partial charge < -0.3 is 29.2 Å². The molecular formula is C9H14O6S. The second kappa shape index (κ2) is 4.80. The van der Waals surface area contributed by atoms with Crippen LogP contribution in [-0.4, -0.2) is 59.4 Å². The molecule has 92 valence electrons. The molecule has 0 aliphatic carbocycles. The number of hydrogen-bond acceptors (Lipinski definition) is 7. The molecule has 0 unspecified atom stereocenters. The van der Waals surface area contributed by atoms with E-state index in [1.165, 1.54) is 0 Å². The first-order chi connectivity index (χ1) is 7.63. The van der Waals surface area contributed by atoms with Crippen LogP contribution in [-0.2, 0) is 18.9 Å². The lowest BCUT2D eigenvalue weighted by Gasteiger charge is -2.18. The highest BCUT2D eigenvalue weighted by Crippen LogP contribution is 2.28. The standard InChI is InChI=1S/C9H14O6S/c1-2-12-8-6(11)5(10)7(15-8)4-3-13-9(16)14-4/h4-8,10-11H,2-3H2,1H3/t4-,5-,6+,7-,8+/m0/s1. The second-order valence-electron chi connectivity index (χ2n) is 3.62. The van der Waals surface area contributed by atoms with Crippen LogP contribution in [0.4, 0.5) is 0 Å². The molecule has 0 aromatic carbocycles. The Labute approximate surface area is 98.0 Å². The molecule has 5 atom stereocenters. The average Bonchev–Trinajstić information content (AvgIpc) is 2.78.